The van der Waals surface area contributed by atoms with E-state index in [9.17, 15) is 5.11 Å². The van der Waals surface area contributed by atoms with Gasteiger partial charge in [-0.05, 0) is 31.0 Å². The minimum Gasteiger partial charge on any atom is -0.491 e. The van der Waals surface area contributed by atoms with Crippen molar-refractivity contribution in [3.8, 4) is 5.75 Å². The Balaban J connectivity index is 2.51. The standard InChI is InChI=1S/C13H20O3/c1-4-13(14)11-5-7-12(8-6-11)16-9-10(2)15-3/h5-8,10,13-14H,4,9H2,1-3H3. The molecule has 2 unspecified atom stereocenters. The van der Waals surface area contributed by atoms with Gasteiger partial charge in [-0.15, -0.1) is 0 Å². The van der Waals surface area contributed by atoms with Gasteiger partial charge in [0.05, 0.1) is 12.2 Å². The van der Waals surface area contributed by atoms with Gasteiger partial charge in [0.1, 0.15) is 12.4 Å². The SMILES string of the molecule is CCC(O)c1ccc(OCC(C)OC)cc1. The van der Waals surface area contributed by atoms with E-state index in [0.717, 1.165) is 17.7 Å². The van der Waals surface area contributed by atoms with Gasteiger partial charge >= 0.3 is 0 Å². The van der Waals surface area contributed by atoms with Gasteiger partial charge in [0.2, 0.25) is 0 Å². The number of ether oxygens (including phenoxy) is 2. The molecule has 0 aliphatic carbocycles. The average Bonchev–Trinajstić information content (AvgIpc) is 2.35. The van der Waals surface area contributed by atoms with Crippen molar-refractivity contribution in [2.24, 2.45) is 0 Å². The number of hydrogen-bond donors (Lipinski definition) is 1. The summed E-state index contributed by atoms with van der Waals surface area (Å²) in [6, 6.07) is 7.52. The summed E-state index contributed by atoms with van der Waals surface area (Å²) in [4.78, 5) is 0. The van der Waals surface area contributed by atoms with Gasteiger partial charge in [0.15, 0.2) is 0 Å². The molecule has 16 heavy (non-hydrogen) atoms. The molecule has 1 rings (SSSR count). The van der Waals surface area contributed by atoms with Gasteiger partial charge in [-0.25, -0.2) is 0 Å². The van der Waals surface area contributed by atoms with Gasteiger partial charge in [0.25, 0.3) is 0 Å². The summed E-state index contributed by atoms with van der Waals surface area (Å²) >= 11 is 0. The first-order valence-electron chi connectivity index (χ1n) is 5.61. The topological polar surface area (TPSA) is 38.7 Å². The van der Waals surface area contributed by atoms with Crippen LogP contribution in [-0.4, -0.2) is 24.9 Å². The predicted molar refractivity (Wildman–Crippen MR) is 63.7 cm³/mol. The molecule has 2 atom stereocenters. The van der Waals surface area contributed by atoms with E-state index in [4.69, 9.17) is 9.47 Å². The summed E-state index contributed by atoms with van der Waals surface area (Å²) in [7, 11) is 1.66. The van der Waals surface area contributed by atoms with Crippen LogP contribution in [0, 0.1) is 0 Å². The normalized spacial score (nSPS) is 14.5. The molecule has 3 heteroatoms. The molecule has 1 N–H and O–H groups in total. The van der Waals surface area contributed by atoms with Crippen LogP contribution in [0.4, 0.5) is 0 Å². The molecule has 0 radical (unpaired) electrons. The maximum Gasteiger partial charge on any atom is 0.119 e. The van der Waals surface area contributed by atoms with Crippen molar-refractivity contribution in [3.05, 3.63) is 29.8 Å². The maximum absolute atomic E-state index is 9.62. The van der Waals surface area contributed by atoms with E-state index in [2.05, 4.69) is 0 Å². The largest absolute Gasteiger partial charge is 0.491 e. The number of aliphatic hydroxyl groups excluding tert-OH is 1. The van der Waals surface area contributed by atoms with Gasteiger partial charge in [0, 0.05) is 7.11 Å². The molecular formula is C13H20O3. The molecule has 0 aliphatic heterocycles. The Morgan fingerprint density at radius 2 is 1.88 bits per heavy atom. The molecule has 0 bridgehead atoms. The first-order valence-corrected chi connectivity index (χ1v) is 5.61. The Kier molecular flexibility index (Phi) is 5.29. The van der Waals surface area contributed by atoms with Crippen molar-refractivity contribution in [3.63, 3.8) is 0 Å². The molecule has 90 valence electrons. The molecule has 0 heterocycles. The molecule has 0 saturated carbocycles. The molecule has 0 aromatic heterocycles. The summed E-state index contributed by atoms with van der Waals surface area (Å²) in [5, 5.41) is 9.62. The quantitative estimate of drug-likeness (QED) is 0.807. The Morgan fingerprint density at radius 3 is 2.38 bits per heavy atom. The molecule has 0 amide bonds. The molecular weight excluding hydrogens is 204 g/mol. The highest BCUT2D eigenvalue weighted by molar-refractivity contribution is 5.28. The van der Waals surface area contributed by atoms with Crippen molar-refractivity contribution in [1.82, 2.24) is 0 Å². The zero-order valence-electron chi connectivity index (χ0n) is 10.1. The summed E-state index contributed by atoms with van der Waals surface area (Å²) in [5.74, 6) is 0.802. The number of benzene rings is 1. The van der Waals surface area contributed by atoms with Gasteiger partial charge in [-0.1, -0.05) is 19.1 Å². The summed E-state index contributed by atoms with van der Waals surface area (Å²) < 4.78 is 10.6. The Labute approximate surface area is 97.0 Å². The fourth-order valence-electron chi connectivity index (χ4n) is 1.30. The van der Waals surface area contributed by atoms with Crippen molar-refractivity contribution in [2.45, 2.75) is 32.5 Å². The molecule has 0 saturated heterocycles. The lowest BCUT2D eigenvalue weighted by atomic mass is 10.1. The molecule has 0 spiro atoms. The first kappa shape index (κ1) is 13.0. The highest BCUT2D eigenvalue weighted by Gasteiger charge is 2.05. The number of hydrogen-bond acceptors (Lipinski definition) is 3. The monoisotopic (exact) mass is 224 g/mol. The van der Waals surface area contributed by atoms with Crippen molar-refractivity contribution in [2.75, 3.05) is 13.7 Å². The third kappa shape index (κ3) is 3.83. The fraction of sp³-hybridized carbons (Fsp3) is 0.538. The van der Waals surface area contributed by atoms with E-state index in [1.807, 2.05) is 38.1 Å². The Bertz CT molecular complexity index is 295. The van der Waals surface area contributed by atoms with Crippen LogP contribution in [0.1, 0.15) is 31.9 Å². The van der Waals surface area contributed by atoms with Crippen LogP contribution < -0.4 is 4.74 Å². The number of aliphatic hydroxyl groups is 1. The zero-order chi connectivity index (χ0) is 12.0. The lowest BCUT2D eigenvalue weighted by molar-refractivity contribution is 0.0716. The minimum absolute atomic E-state index is 0.0842. The Morgan fingerprint density at radius 1 is 1.25 bits per heavy atom. The van der Waals surface area contributed by atoms with E-state index in [1.54, 1.807) is 7.11 Å². The Hall–Kier alpha value is -1.06. The van der Waals surface area contributed by atoms with E-state index < -0.39 is 0 Å². The molecule has 0 aliphatic rings. The summed E-state index contributed by atoms with van der Waals surface area (Å²) in [6.07, 6.45) is 0.425. The average molecular weight is 224 g/mol. The molecule has 1 aromatic carbocycles. The van der Waals surface area contributed by atoms with E-state index in [-0.39, 0.29) is 12.2 Å². The van der Waals surface area contributed by atoms with Crippen LogP contribution in [0.15, 0.2) is 24.3 Å². The van der Waals surface area contributed by atoms with Gasteiger partial charge < -0.3 is 14.6 Å². The summed E-state index contributed by atoms with van der Waals surface area (Å²) in [6.45, 7) is 4.44. The summed E-state index contributed by atoms with van der Waals surface area (Å²) in [5.41, 5.74) is 0.926. The van der Waals surface area contributed by atoms with E-state index in [0.29, 0.717) is 6.61 Å². The minimum atomic E-state index is -0.382. The third-order valence-electron chi connectivity index (χ3n) is 2.54. The molecule has 0 fully saturated rings. The van der Waals surface area contributed by atoms with Crippen molar-refractivity contribution >= 4 is 0 Å². The lowest BCUT2D eigenvalue weighted by Crippen LogP contribution is -2.15. The van der Waals surface area contributed by atoms with E-state index in [1.165, 1.54) is 0 Å². The van der Waals surface area contributed by atoms with Crippen LogP contribution in [0.5, 0.6) is 5.75 Å². The highest BCUT2D eigenvalue weighted by atomic mass is 16.5. The van der Waals surface area contributed by atoms with Crippen LogP contribution in [0.25, 0.3) is 0 Å². The number of rotatable bonds is 6. The first-order chi connectivity index (χ1) is 7.67. The predicted octanol–water partition coefficient (Wildman–Crippen LogP) is 2.54. The maximum atomic E-state index is 9.62. The molecule has 3 nitrogen and oxygen atoms in total. The van der Waals surface area contributed by atoms with E-state index >= 15 is 0 Å². The number of methoxy groups -OCH3 is 1. The smallest absolute Gasteiger partial charge is 0.119 e. The van der Waals surface area contributed by atoms with Crippen molar-refractivity contribution in [1.29, 1.82) is 0 Å². The zero-order valence-corrected chi connectivity index (χ0v) is 10.1. The van der Waals surface area contributed by atoms with Crippen LogP contribution in [0.3, 0.4) is 0 Å². The lowest BCUT2D eigenvalue weighted by Gasteiger charge is -2.12. The highest BCUT2D eigenvalue weighted by Crippen LogP contribution is 2.19. The second-order valence-electron chi connectivity index (χ2n) is 3.85. The van der Waals surface area contributed by atoms with Crippen molar-refractivity contribution < 1.29 is 14.6 Å². The second kappa shape index (κ2) is 6.51. The van der Waals surface area contributed by atoms with Gasteiger partial charge in [-0.3, -0.25) is 0 Å². The van der Waals surface area contributed by atoms with Crippen LogP contribution >= 0.6 is 0 Å². The molecule has 1 aromatic rings. The second-order valence-corrected chi connectivity index (χ2v) is 3.85. The van der Waals surface area contributed by atoms with Crippen LogP contribution in [0.2, 0.25) is 0 Å². The van der Waals surface area contributed by atoms with Gasteiger partial charge in [-0.2, -0.15) is 0 Å². The fourth-order valence-corrected chi connectivity index (χ4v) is 1.30. The third-order valence-corrected chi connectivity index (χ3v) is 2.54. The van der Waals surface area contributed by atoms with Crippen LogP contribution in [-0.2, 0) is 4.74 Å².